The van der Waals surface area contributed by atoms with E-state index in [4.69, 9.17) is 27.9 Å². The molecule has 0 spiro atoms. The van der Waals surface area contributed by atoms with Gasteiger partial charge in [-0.3, -0.25) is 10.2 Å². The van der Waals surface area contributed by atoms with Crippen LogP contribution < -0.4 is 5.43 Å². The summed E-state index contributed by atoms with van der Waals surface area (Å²) in [4.78, 5) is 25.1. The van der Waals surface area contributed by atoms with Crippen LogP contribution in [-0.2, 0) is 9.53 Å². The first-order valence-corrected chi connectivity index (χ1v) is 9.64. The average Bonchev–Trinajstić information content (AvgIpc) is 2.63. The number of hydrazone groups is 1. The second kappa shape index (κ2) is 9.88. The molecule has 0 radical (unpaired) electrons. The van der Waals surface area contributed by atoms with Crippen LogP contribution in [0.1, 0.15) is 24.2 Å². The number of ether oxygens (including phenoxy) is 1. The minimum absolute atomic E-state index is 0.0456. The molecule has 1 unspecified atom stereocenters. The predicted molar refractivity (Wildman–Crippen MR) is 112 cm³/mol. The number of halogens is 3. The van der Waals surface area contributed by atoms with Gasteiger partial charge in [0.15, 0.2) is 11.5 Å². The summed E-state index contributed by atoms with van der Waals surface area (Å²) in [5.74, 6) is -1.74. The van der Waals surface area contributed by atoms with Crippen molar-refractivity contribution in [2.24, 2.45) is 11.0 Å². The lowest BCUT2D eigenvalue weighted by Gasteiger charge is -2.14. The number of rotatable bonds is 7. The lowest BCUT2D eigenvalue weighted by Crippen LogP contribution is -2.31. The second-order valence-corrected chi connectivity index (χ2v) is 7.31. The molecule has 0 aliphatic heterocycles. The van der Waals surface area contributed by atoms with Gasteiger partial charge < -0.3 is 4.74 Å². The molecule has 2 aromatic rings. The van der Waals surface area contributed by atoms with Crippen LogP contribution in [0.25, 0.3) is 0 Å². The molecule has 8 heteroatoms. The number of anilines is 1. The summed E-state index contributed by atoms with van der Waals surface area (Å²) in [6, 6.07) is 11.7. The molecule has 0 heterocycles. The van der Waals surface area contributed by atoms with E-state index in [1.165, 1.54) is 0 Å². The molecule has 1 N–H and O–H groups in total. The van der Waals surface area contributed by atoms with Gasteiger partial charge in [0.1, 0.15) is 0 Å². The van der Waals surface area contributed by atoms with E-state index in [1.807, 2.05) is 0 Å². The zero-order chi connectivity index (χ0) is 20.0. The van der Waals surface area contributed by atoms with E-state index >= 15 is 0 Å². The summed E-state index contributed by atoms with van der Waals surface area (Å²) >= 11 is 15.3. The molecule has 1 atom stereocenters. The Morgan fingerprint density at radius 3 is 2.44 bits per heavy atom. The number of benzene rings is 2. The van der Waals surface area contributed by atoms with Crippen molar-refractivity contribution in [3.8, 4) is 0 Å². The molecule has 5 nitrogen and oxygen atoms in total. The van der Waals surface area contributed by atoms with E-state index in [-0.39, 0.29) is 18.1 Å². The van der Waals surface area contributed by atoms with Crippen molar-refractivity contribution < 1.29 is 14.3 Å². The first-order chi connectivity index (χ1) is 12.8. The Balaban J connectivity index is 2.30. The highest BCUT2D eigenvalue weighted by atomic mass is 79.9. The number of hydrogen-bond donors (Lipinski definition) is 1. The molecule has 0 aliphatic carbocycles. The summed E-state index contributed by atoms with van der Waals surface area (Å²) in [5, 5.41) is 4.91. The lowest BCUT2D eigenvalue weighted by atomic mass is 9.95. The Hall–Kier alpha value is -1.89. The highest BCUT2D eigenvalue weighted by molar-refractivity contribution is 9.10. The number of Topliss-reactive ketones (excluding diaryl/α,β-unsaturated/α-hetero) is 1. The summed E-state index contributed by atoms with van der Waals surface area (Å²) < 4.78 is 5.90. The third-order valence-corrected chi connectivity index (χ3v) is 4.72. The van der Waals surface area contributed by atoms with Gasteiger partial charge in [-0.25, -0.2) is 4.79 Å². The molecule has 0 bridgehead atoms. The number of nitrogens with one attached hydrogen (secondary N) is 1. The Bertz CT molecular complexity index is 870. The van der Waals surface area contributed by atoms with Crippen LogP contribution >= 0.6 is 39.1 Å². The fraction of sp³-hybridized carbons (Fsp3) is 0.211. The number of carbonyl (C=O) groups is 2. The van der Waals surface area contributed by atoms with Crippen molar-refractivity contribution in [3.63, 3.8) is 0 Å². The number of esters is 1. The van der Waals surface area contributed by atoms with Crippen LogP contribution in [0.4, 0.5) is 5.69 Å². The van der Waals surface area contributed by atoms with Gasteiger partial charge in [-0.1, -0.05) is 51.3 Å². The largest absolute Gasteiger partial charge is 0.461 e. The Morgan fingerprint density at radius 2 is 1.85 bits per heavy atom. The van der Waals surface area contributed by atoms with Crippen molar-refractivity contribution in [2.45, 2.75) is 13.8 Å². The number of hydrogen-bond acceptors (Lipinski definition) is 5. The van der Waals surface area contributed by atoms with Crippen LogP contribution in [0.2, 0.25) is 10.0 Å². The van der Waals surface area contributed by atoms with Crippen LogP contribution in [0.3, 0.4) is 0 Å². The zero-order valence-corrected chi connectivity index (χ0v) is 17.7. The highest BCUT2D eigenvalue weighted by Gasteiger charge is 2.27. The minimum Gasteiger partial charge on any atom is -0.461 e. The van der Waals surface area contributed by atoms with Crippen molar-refractivity contribution >= 4 is 62.3 Å². The molecule has 2 aromatic carbocycles. The molecule has 0 aliphatic rings. The average molecular weight is 472 g/mol. The maximum atomic E-state index is 12.8. The van der Waals surface area contributed by atoms with Gasteiger partial charge in [-0.2, -0.15) is 5.10 Å². The smallest absolute Gasteiger partial charge is 0.355 e. The van der Waals surface area contributed by atoms with Gasteiger partial charge in [-0.15, -0.1) is 0 Å². The third-order valence-electron chi connectivity index (χ3n) is 3.64. The zero-order valence-electron chi connectivity index (χ0n) is 14.6. The maximum absolute atomic E-state index is 12.8. The van der Waals surface area contributed by atoms with Crippen LogP contribution in [0, 0.1) is 5.92 Å². The van der Waals surface area contributed by atoms with Crippen molar-refractivity contribution in [2.75, 3.05) is 12.0 Å². The van der Waals surface area contributed by atoms with Gasteiger partial charge >= 0.3 is 5.97 Å². The molecule has 0 aromatic heterocycles. The molecular formula is C19H17BrCl2N2O3. The monoisotopic (exact) mass is 470 g/mol. The third kappa shape index (κ3) is 5.79. The van der Waals surface area contributed by atoms with E-state index in [2.05, 4.69) is 26.5 Å². The molecule has 0 saturated heterocycles. The summed E-state index contributed by atoms with van der Waals surface area (Å²) in [5.41, 5.74) is 3.58. The van der Waals surface area contributed by atoms with Crippen molar-refractivity contribution in [1.82, 2.24) is 0 Å². The number of carbonyl (C=O) groups excluding carboxylic acids is 2. The number of nitrogens with zero attached hydrogens (tertiary/aromatic N) is 1. The number of ketones is 1. The maximum Gasteiger partial charge on any atom is 0.355 e. The molecule has 142 valence electrons. The van der Waals surface area contributed by atoms with Crippen LogP contribution in [0.15, 0.2) is 52.0 Å². The van der Waals surface area contributed by atoms with E-state index in [0.717, 1.165) is 4.47 Å². The van der Waals surface area contributed by atoms with Gasteiger partial charge in [0.2, 0.25) is 0 Å². The molecule has 2 rings (SSSR count). The second-order valence-electron chi connectivity index (χ2n) is 5.55. The molecular weight excluding hydrogens is 455 g/mol. The summed E-state index contributed by atoms with van der Waals surface area (Å²) in [6.07, 6.45) is 0. The standard InChI is InChI=1S/C19H17BrCl2N2O3/c1-3-27-19(26)17(24-23-16-9-8-14(21)10-15(16)22)11(2)18(25)12-4-6-13(20)7-5-12/h4-11,23H,3H2,1-2H3/b24-17-. The van der Waals surface area contributed by atoms with Gasteiger partial charge in [0.05, 0.1) is 23.2 Å². The van der Waals surface area contributed by atoms with E-state index in [1.54, 1.807) is 56.3 Å². The normalized spacial score (nSPS) is 12.4. The molecule has 0 saturated carbocycles. The first-order valence-electron chi connectivity index (χ1n) is 8.09. The van der Waals surface area contributed by atoms with E-state index in [0.29, 0.717) is 21.3 Å². The topological polar surface area (TPSA) is 67.8 Å². The van der Waals surface area contributed by atoms with E-state index < -0.39 is 11.9 Å². The Labute approximate surface area is 175 Å². The van der Waals surface area contributed by atoms with Crippen LogP contribution in [0.5, 0.6) is 0 Å². The van der Waals surface area contributed by atoms with E-state index in [9.17, 15) is 9.59 Å². The lowest BCUT2D eigenvalue weighted by molar-refractivity contribution is -0.135. The molecule has 27 heavy (non-hydrogen) atoms. The predicted octanol–water partition coefficient (Wildman–Crippen LogP) is 5.61. The SMILES string of the molecule is CCOC(=O)/C(=N\Nc1ccc(Cl)cc1Cl)C(C)C(=O)c1ccc(Br)cc1. The van der Waals surface area contributed by atoms with Crippen LogP contribution in [-0.4, -0.2) is 24.1 Å². The summed E-state index contributed by atoms with van der Waals surface area (Å²) in [6.45, 7) is 3.45. The van der Waals surface area contributed by atoms with Gasteiger partial charge in [0, 0.05) is 15.1 Å². The first kappa shape index (κ1) is 21.4. The van der Waals surface area contributed by atoms with Crippen molar-refractivity contribution in [1.29, 1.82) is 0 Å². The Morgan fingerprint density at radius 1 is 1.19 bits per heavy atom. The quantitative estimate of drug-likeness (QED) is 0.247. The Kier molecular flexibility index (Phi) is 7.83. The highest BCUT2D eigenvalue weighted by Crippen LogP contribution is 2.25. The van der Waals surface area contributed by atoms with Gasteiger partial charge in [-0.05, 0) is 44.2 Å². The van der Waals surface area contributed by atoms with Crippen molar-refractivity contribution in [3.05, 3.63) is 62.5 Å². The minimum atomic E-state index is -0.816. The molecule has 0 amide bonds. The fourth-order valence-electron chi connectivity index (χ4n) is 2.21. The molecule has 0 fully saturated rings. The summed E-state index contributed by atoms with van der Waals surface area (Å²) in [7, 11) is 0. The fourth-order valence-corrected chi connectivity index (χ4v) is 2.93. The van der Waals surface area contributed by atoms with Gasteiger partial charge in [0.25, 0.3) is 0 Å².